The van der Waals surface area contributed by atoms with Crippen molar-refractivity contribution in [2.75, 3.05) is 18.4 Å². The van der Waals surface area contributed by atoms with Crippen molar-refractivity contribution in [3.8, 4) is 11.5 Å². The van der Waals surface area contributed by atoms with Crippen LogP contribution in [0, 0.1) is 0 Å². The van der Waals surface area contributed by atoms with Gasteiger partial charge >= 0.3 is 0 Å². The highest BCUT2D eigenvalue weighted by atomic mass is 32.2. The van der Waals surface area contributed by atoms with Crippen molar-refractivity contribution >= 4 is 40.9 Å². The number of benzene rings is 2. The Balaban J connectivity index is 1.50. The van der Waals surface area contributed by atoms with Crippen LogP contribution < -0.4 is 19.5 Å². The minimum absolute atomic E-state index is 0.0394. The van der Waals surface area contributed by atoms with Crippen LogP contribution in [0.15, 0.2) is 64.5 Å². The average Bonchev–Trinajstić information content (AvgIpc) is 3.55. The molecule has 2 aromatic carbocycles. The number of carbonyl (C=O) groups excluding carboxylic acids is 2. The number of nitrogens with one attached hydrogen (secondary N) is 2. The summed E-state index contributed by atoms with van der Waals surface area (Å²) in [6, 6.07) is 9.49. The van der Waals surface area contributed by atoms with Gasteiger partial charge in [-0.1, -0.05) is 24.7 Å². The maximum Gasteiger partial charge on any atom is 0.279 e. The number of carbonyl (C=O) groups is 2. The van der Waals surface area contributed by atoms with Gasteiger partial charge in [0.2, 0.25) is 0 Å². The Labute approximate surface area is 222 Å². The number of rotatable bonds is 13. The van der Waals surface area contributed by atoms with Crippen LogP contribution in [-0.2, 0) is 29.1 Å². The number of anilines is 1. The molecule has 2 aromatic heterocycles. The van der Waals surface area contributed by atoms with E-state index in [0.717, 1.165) is 22.4 Å². The predicted molar refractivity (Wildman–Crippen MR) is 141 cm³/mol. The van der Waals surface area contributed by atoms with Crippen LogP contribution in [0.25, 0.3) is 11.0 Å². The molecule has 10 nitrogen and oxygen atoms in total. The number of fused-ring (bicyclic) bond motifs is 1. The number of halogens is 1. The lowest BCUT2D eigenvalue weighted by Gasteiger charge is -2.11. The van der Waals surface area contributed by atoms with Crippen LogP contribution in [0.5, 0.6) is 11.5 Å². The van der Waals surface area contributed by atoms with Crippen LogP contribution in [0.2, 0.25) is 0 Å². The summed E-state index contributed by atoms with van der Waals surface area (Å²) < 4.78 is 34.5. The number of methoxy groups -OCH3 is 1. The summed E-state index contributed by atoms with van der Waals surface area (Å²) in [7, 11) is 1.56. The maximum absolute atomic E-state index is 12.8. The molecule has 0 unspecified atom stereocenters. The van der Waals surface area contributed by atoms with Gasteiger partial charge in [-0.3, -0.25) is 14.3 Å². The van der Waals surface area contributed by atoms with Gasteiger partial charge in [0.05, 0.1) is 24.7 Å². The summed E-state index contributed by atoms with van der Waals surface area (Å²) in [5.74, 6) is -0.283. The molecule has 0 saturated carbocycles. The molecule has 4 rings (SSSR count). The Morgan fingerprint density at radius 2 is 2.08 bits per heavy atom. The molecule has 2 N–H and O–H groups in total. The van der Waals surface area contributed by atoms with Crippen molar-refractivity contribution in [2.45, 2.75) is 31.3 Å². The van der Waals surface area contributed by atoms with Gasteiger partial charge in [-0.15, -0.1) is 0 Å². The molecule has 198 valence electrons. The summed E-state index contributed by atoms with van der Waals surface area (Å²) in [4.78, 5) is 22.9. The molecule has 0 fully saturated rings. The Morgan fingerprint density at radius 1 is 1.24 bits per heavy atom. The zero-order valence-corrected chi connectivity index (χ0v) is 21.6. The van der Waals surface area contributed by atoms with E-state index in [1.165, 1.54) is 11.9 Å². The fourth-order valence-corrected chi connectivity index (χ4v) is 4.44. The van der Waals surface area contributed by atoms with Crippen LogP contribution >= 0.6 is 11.9 Å². The van der Waals surface area contributed by atoms with E-state index in [1.54, 1.807) is 24.2 Å². The van der Waals surface area contributed by atoms with Gasteiger partial charge in [0.15, 0.2) is 23.5 Å². The Bertz CT molecular complexity index is 1470. The first-order valence-electron chi connectivity index (χ1n) is 11.6. The largest absolute Gasteiger partial charge is 0.496 e. The zero-order valence-electron chi connectivity index (χ0n) is 20.8. The van der Waals surface area contributed by atoms with Crippen LogP contribution in [0.3, 0.4) is 0 Å². The van der Waals surface area contributed by atoms with E-state index in [2.05, 4.69) is 33.8 Å². The monoisotopic (exact) mass is 539 g/mol. The Hall–Kier alpha value is -4.32. The molecule has 0 aliphatic carbocycles. The first-order valence-corrected chi connectivity index (χ1v) is 12.5. The van der Waals surface area contributed by atoms with Crippen molar-refractivity contribution in [1.82, 2.24) is 20.3 Å². The number of aldehydes is 1. The van der Waals surface area contributed by atoms with Crippen LogP contribution in [0.1, 0.15) is 23.6 Å². The molecule has 4 aromatic rings. The smallest absolute Gasteiger partial charge is 0.279 e. The highest BCUT2D eigenvalue weighted by Crippen LogP contribution is 2.37. The number of aromatic nitrogens is 3. The predicted octanol–water partition coefficient (Wildman–Crippen LogP) is 4.44. The third kappa shape index (κ3) is 6.32. The molecule has 0 radical (unpaired) electrons. The van der Waals surface area contributed by atoms with Gasteiger partial charge in [0, 0.05) is 18.3 Å². The average molecular weight is 540 g/mol. The third-order valence-electron chi connectivity index (χ3n) is 5.53. The lowest BCUT2D eigenvalue weighted by atomic mass is 10.1. The van der Waals surface area contributed by atoms with Crippen molar-refractivity contribution in [2.24, 2.45) is 0 Å². The summed E-state index contributed by atoms with van der Waals surface area (Å²) >= 11 is 1.29. The molecular weight excluding hydrogens is 513 g/mol. The number of hydrogen-bond donors (Lipinski definition) is 2. The van der Waals surface area contributed by atoms with Gasteiger partial charge in [-0.25, -0.2) is 4.39 Å². The van der Waals surface area contributed by atoms with Crippen LogP contribution in [0.4, 0.5) is 10.2 Å². The number of nitrogens with zero attached hydrogens (tertiary/aromatic N) is 3. The second kappa shape index (κ2) is 12.3. The number of aryl methyl sites for hydroxylation is 1. The molecule has 0 aliphatic heterocycles. The first kappa shape index (κ1) is 26.7. The fraction of sp³-hybridized carbons (Fsp3) is 0.231. The molecule has 0 spiro atoms. The SMILES string of the molecule is C=C(F)C(=O)NCc1cnn(Cc2cc(OC)c3c(NSc4cc(CC)ccc4OCC=O)noc3c2)c1. The van der Waals surface area contributed by atoms with Gasteiger partial charge in [-0.2, -0.15) is 5.10 Å². The summed E-state index contributed by atoms with van der Waals surface area (Å²) in [6.45, 7) is 5.52. The quantitative estimate of drug-likeness (QED) is 0.144. The van der Waals surface area contributed by atoms with E-state index in [0.29, 0.717) is 46.7 Å². The Morgan fingerprint density at radius 3 is 2.82 bits per heavy atom. The molecule has 0 atom stereocenters. The topological polar surface area (TPSA) is 121 Å². The third-order valence-corrected chi connectivity index (χ3v) is 6.36. The first-order chi connectivity index (χ1) is 18.4. The second-order valence-electron chi connectivity index (χ2n) is 8.15. The van der Waals surface area contributed by atoms with E-state index in [9.17, 15) is 14.0 Å². The van der Waals surface area contributed by atoms with Crippen molar-refractivity contribution < 1.29 is 28.0 Å². The van der Waals surface area contributed by atoms with Crippen molar-refractivity contribution in [3.63, 3.8) is 0 Å². The highest BCUT2D eigenvalue weighted by Gasteiger charge is 2.17. The molecule has 0 saturated heterocycles. The minimum Gasteiger partial charge on any atom is -0.496 e. The van der Waals surface area contributed by atoms with Crippen LogP contribution in [-0.4, -0.2) is 40.8 Å². The standard InChI is InChI=1S/C26H26FN5O5S/c1-4-17-5-6-20(36-8-7-33)23(11-17)38-31-25-24-21(35-3)9-18(10-22(24)37-30-25)14-32-15-19(13-29-32)12-28-26(34)16(2)27/h5-7,9-11,13,15H,2,4,8,12,14H2,1,3H3,(H,28,34)(H,30,31). The zero-order chi connectivity index (χ0) is 27.1. The molecular formula is C26H26FN5O5S. The van der Waals surface area contributed by atoms with Crippen molar-refractivity contribution in [1.29, 1.82) is 0 Å². The molecule has 2 heterocycles. The molecule has 38 heavy (non-hydrogen) atoms. The van der Waals surface area contributed by atoms with E-state index in [-0.39, 0.29) is 13.2 Å². The summed E-state index contributed by atoms with van der Waals surface area (Å²) in [5, 5.41) is 11.6. The summed E-state index contributed by atoms with van der Waals surface area (Å²) in [6.07, 6.45) is 4.89. The summed E-state index contributed by atoms with van der Waals surface area (Å²) in [5.41, 5.74) is 3.19. The highest BCUT2D eigenvalue weighted by molar-refractivity contribution is 8.00. The van der Waals surface area contributed by atoms with Gasteiger partial charge in [-0.05, 0) is 53.8 Å². The molecule has 0 bridgehead atoms. The van der Waals surface area contributed by atoms with Gasteiger partial charge < -0.3 is 24.0 Å². The molecule has 0 aliphatic rings. The lowest BCUT2D eigenvalue weighted by Crippen LogP contribution is -2.22. The lowest BCUT2D eigenvalue weighted by molar-refractivity contribution is -0.119. The Kier molecular flexibility index (Phi) is 8.64. The van der Waals surface area contributed by atoms with E-state index < -0.39 is 11.7 Å². The van der Waals surface area contributed by atoms with E-state index in [4.69, 9.17) is 14.0 Å². The maximum atomic E-state index is 12.8. The van der Waals surface area contributed by atoms with E-state index in [1.807, 2.05) is 30.3 Å². The number of ether oxygens (including phenoxy) is 2. The molecule has 12 heteroatoms. The van der Waals surface area contributed by atoms with Gasteiger partial charge in [0.25, 0.3) is 5.91 Å². The number of hydrogen-bond acceptors (Lipinski definition) is 9. The van der Waals surface area contributed by atoms with E-state index >= 15 is 0 Å². The van der Waals surface area contributed by atoms with Gasteiger partial charge in [0.1, 0.15) is 23.5 Å². The second-order valence-corrected chi connectivity index (χ2v) is 9.00. The fourth-order valence-electron chi connectivity index (χ4n) is 3.66. The molecule has 1 amide bonds. The number of amides is 1. The van der Waals surface area contributed by atoms with Crippen molar-refractivity contribution in [3.05, 3.63) is 71.8 Å². The minimum atomic E-state index is -1.04. The normalized spacial score (nSPS) is 10.8.